The van der Waals surface area contributed by atoms with Gasteiger partial charge in [0.15, 0.2) is 6.61 Å². The standard InChI is InChI=1S/C20H25N3O5/c1-21-12-17(24)23(20(21)27)13-19(26)28-14-18(25)22-9-7-16(8-10-22)11-15-5-3-2-4-6-15/h2-6,16H,7-14H2,1H3. The molecular weight excluding hydrogens is 362 g/mol. The van der Waals surface area contributed by atoms with Crippen LogP contribution in [0.5, 0.6) is 0 Å². The number of likely N-dealkylation sites (tertiary alicyclic amines) is 1. The van der Waals surface area contributed by atoms with Gasteiger partial charge in [0.1, 0.15) is 13.1 Å². The van der Waals surface area contributed by atoms with Crippen molar-refractivity contribution in [3.63, 3.8) is 0 Å². The minimum atomic E-state index is -0.760. The molecule has 0 spiro atoms. The topological polar surface area (TPSA) is 87.2 Å². The summed E-state index contributed by atoms with van der Waals surface area (Å²) in [6.45, 7) is 0.398. The average Bonchev–Trinajstić information content (AvgIpc) is 2.93. The number of hydrogen-bond donors (Lipinski definition) is 0. The minimum absolute atomic E-state index is 0.0526. The van der Waals surface area contributed by atoms with Crippen LogP contribution in [0.3, 0.4) is 0 Å². The summed E-state index contributed by atoms with van der Waals surface area (Å²) < 4.78 is 4.98. The summed E-state index contributed by atoms with van der Waals surface area (Å²) >= 11 is 0. The molecule has 2 aliphatic heterocycles. The van der Waals surface area contributed by atoms with Crippen LogP contribution in [0.4, 0.5) is 4.79 Å². The molecule has 28 heavy (non-hydrogen) atoms. The zero-order valence-electron chi connectivity index (χ0n) is 16.0. The Bertz CT molecular complexity index is 743. The zero-order valence-corrected chi connectivity index (χ0v) is 16.0. The predicted octanol–water partition coefficient (Wildman–Crippen LogP) is 0.905. The molecule has 1 aromatic rings. The maximum absolute atomic E-state index is 12.3. The first-order valence-electron chi connectivity index (χ1n) is 9.47. The van der Waals surface area contributed by atoms with Gasteiger partial charge in [0.2, 0.25) is 0 Å². The lowest BCUT2D eigenvalue weighted by Crippen LogP contribution is -2.42. The SMILES string of the molecule is CN1CC(=O)N(CC(=O)OCC(=O)N2CCC(Cc3ccccc3)CC2)C1=O. The Kier molecular flexibility index (Phi) is 6.28. The second-order valence-corrected chi connectivity index (χ2v) is 7.29. The van der Waals surface area contributed by atoms with Crippen LogP contribution in [0.25, 0.3) is 0 Å². The molecule has 3 rings (SSSR count). The Hall–Kier alpha value is -2.90. The van der Waals surface area contributed by atoms with Crippen LogP contribution < -0.4 is 0 Å². The van der Waals surface area contributed by atoms with Crippen molar-refractivity contribution in [3.8, 4) is 0 Å². The lowest BCUT2D eigenvalue weighted by molar-refractivity contribution is -0.153. The smallest absolute Gasteiger partial charge is 0.327 e. The molecule has 0 saturated carbocycles. The van der Waals surface area contributed by atoms with E-state index in [0.717, 1.165) is 24.2 Å². The highest BCUT2D eigenvalue weighted by atomic mass is 16.5. The van der Waals surface area contributed by atoms with Crippen LogP contribution >= 0.6 is 0 Å². The molecule has 0 atom stereocenters. The van der Waals surface area contributed by atoms with Gasteiger partial charge in [0, 0.05) is 20.1 Å². The highest BCUT2D eigenvalue weighted by Crippen LogP contribution is 2.21. The molecule has 0 bridgehead atoms. The number of likely N-dealkylation sites (N-methyl/N-ethyl adjacent to an activating group) is 1. The molecule has 0 unspecified atom stereocenters. The number of imide groups is 1. The van der Waals surface area contributed by atoms with Gasteiger partial charge in [-0.1, -0.05) is 30.3 Å². The fourth-order valence-corrected chi connectivity index (χ4v) is 3.57. The summed E-state index contributed by atoms with van der Waals surface area (Å²) in [5.74, 6) is -0.915. The van der Waals surface area contributed by atoms with Crippen molar-refractivity contribution in [1.29, 1.82) is 0 Å². The van der Waals surface area contributed by atoms with E-state index >= 15 is 0 Å². The van der Waals surface area contributed by atoms with Crippen molar-refractivity contribution in [2.75, 3.05) is 39.8 Å². The average molecular weight is 387 g/mol. The Morgan fingerprint density at radius 2 is 1.79 bits per heavy atom. The molecule has 0 N–H and O–H groups in total. The highest BCUT2D eigenvalue weighted by molar-refractivity contribution is 6.04. The molecule has 8 nitrogen and oxygen atoms in total. The number of rotatable bonds is 6. The number of piperidine rings is 1. The Morgan fingerprint density at radius 3 is 2.39 bits per heavy atom. The summed E-state index contributed by atoms with van der Waals surface area (Å²) in [5, 5.41) is 0. The van der Waals surface area contributed by atoms with Crippen LogP contribution in [-0.4, -0.2) is 78.3 Å². The second-order valence-electron chi connectivity index (χ2n) is 7.29. The fourth-order valence-electron chi connectivity index (χ4n) is 3.57. The van der Waals surface area contributed by atoms with Crippen LogP contribution in [0, 0.1) is 5.92 Å². The van der Waals surface area contributed by atoms with Crippen molar-refractivity contribution in [3.05, 3.63) is 35.9 Å². The molecule has 2 fully saturated rings. The molecule has 4 amide bonds. The molecule has 2 saturated heterocycles. The van der Waals surface area contributed by atoms with Crippen LogP contribution in [0.1, 0.15) is 18.4 Å². The summed E-state index contributed by atoms with van der Waals surface area (Å²) in [4.78, 5) is 51.3. The lowest BCUT2D eigenvalue weighted by Gasteiger charge is -2.32. The predicted molar refractivity (Wildman–Crippen MR) is 100 cm³/mol. The number of urea groups is 1. The van der Waals surface area contributed by atoms with E-state index in [1.165, 1.54) is 17.5 Å². The first-order chi connectivity index (χ1) is 13.4. The van der Waals surface area contributed by atoms with E-state index in [0.29, 0.717) is 19.0 Å². The zero-order chi connectivity index (χ0) is 20.1. The molecular formula is C20H25N3O5. The van der Waals surface area contributed by atoms with E-state index in [2.05, 4.69) is 12.1 Å². The number of carbonyl (C=O) groups is 4. The fraction of sp³-hybridized carbons (Fsp3) is 0.500. The maximum atomic E-state index is 12.3. The Labute approximate surface area is 164 Å². The van der Waals surface area contributed by atoms with Gasteiger partial charge in [-0.05, 0) is 30.7 Å². The number of nitrogens with zero attached hydrogens (tertiary/aromatic N) is 3. The number of benzene rings is 1. The molecule has 8 heteroatoms. The molecule has 150 valence electrons. The minimum Gasteiger partial charge on any atom is -0.454 e. The highest BCUT2D eigenvalue weighted by Gasteiger charge is 2.35. The van der Waals surface area contributed by atoms with Gasteiger partial charge in [0.25, 0.3) is 11.8 Å². The summed E-state index contributed by atoms with van der Waals surface area (Å²) in [7, 11) is 1.48. The van der Waals surface area contributed by atoms with E-state index in [-0.39, 0.29) is 19.1 Å². The van der Waals surface area contributed by atoms with E-state index in [1.807, 2.05) is 18.2 Å². The van der Waals surface area contributed by atoms with Gasteiger partial charge < -0.3 is 14.5 Å². The van der Waals surface area contributed by atoms with E-state index in [1.54, 1.807) is 4.90 Å². The van der Waals surface area contributed by atoms with Crippen LogP contribution in [0.15, 0.2) is 30.3 Å². The van der Waals surface area contributed by atoms with E-state index in [4.69, 9.17) is 4.74 Å². The van der Waals surface area contributed by atoms with Crippen molar-refractivity contribution in [2.45, 2.75) is 19.3 Å². The van der Waals surface area contributed by atoms with Gasteiger partial charge in [-0.3, -0.25) is 19.3 Å². The Morgan fingerprint density at radius 1 is 1.11 bits per heavy atom. The monoisotopic (exact) mass is 387 g/mol. The number of amides is 4. The summed E-state index contributed by atoms with van der Waals surface area (Å²) in [6.07, 6.45) is 2.83. The quantitative estimate of drug-likeness (QED) is 0.535. The van der Waals surface area contributed by atoms with Crippen molar-refractivity contribution in [2.24, 2.45) is 5.92 Å². The second kappa shape index (κ2) is 8.86. The van der Waals surface area contributed by atoms with Gasteiger partial charge >= 0.3 is 12.0 Å². The van der Waals surface area contributed by atoms with Gasteiger partial charge in [0.05, 0.1) is 0 Å². The Balaban J connectivity index is 1.38. The van der Waals surface area contributed by atoms with Crippen LogP contribution in [-0.2, 0) is 25.5 Å². The molecule has 0 aliphatic carbocycles. The molecule has 2 heterocycles. The van der Waals surface area contributed by atoms with E-state index in [9.17, 15) is 19.2 Å². The number of carbonyl (C=O) groups excluding carboxylic acids is 4. The first kappa shape index (κ1) is 19.9. The first-order valence-corrected chi connectivity index (χ1v) is 9.47. The van der Waals surface area contributed by atoms with Crippen molar-refractivity contribution >= 4 is 23.8 Å². The third-order valence-electron chi connectivity index (χ3n) is 5.21. The number of hydrogen-bond acceptors (Lipinski definition) is 5. The molecule has 0 radical (unpaired) electrons. The van der Waals surface area contributed by atoms with Gasteiger partial charge in [-0.25, -0.2) is 4.79 Å². The summed E-state index contributed by atoms with van der Waals surface area (Å²) in [6, 6.07) is 9.76. The lowest BCUT2D eigenvalue weighted by atomic mass is 9.90. The molecule has 1 aromatic carbocycles. The largest absolute Gasteiger partial charge is 0.454 e. The molecule has 0 aromatic heterocycles. The third-order valence-corrected chi connectivity index (χ3v) is 5.21. The number of ether oxygens (including phenoxy) is 1. The third kappa shape index (κ3) is 4.88. The van der Waals surface area contributed by atoms with Crippen molar-refractivity contribution in [1.82, 2.24) is 14.7 Å². The number of esters is 1. The van der Waals surface area contributed by atoms with E-state index < -0.39 is 24.5 Å². The van der Waals surface area contributed by atoms with Gasteiger partial charge in [-0.2, -0.15) is 0 Å². The normalized spacial score (nSPS) is 18.0. The van der Waals surface area contributed by atoms with Crippen molar-refractivity contribution < 1.29 is 23.9 Å². The summed E-state index contributed by atoms with van der Waals surface area (Å²) in [5.41, 5.74) is 1.30. The van der Waals surface area contributed by atoms with Crippen LogP contribution in [0.2, 0.25) is 0 Å². The molecule has 2 aliphatic rings. The maximum Gasteiger partial charge on any atom is 0.327 e. The van der Waals surface area contributed by atoms with Gasteiger partial charge in [-0.15, -0.1) is 0 Å².